The first-order valence-corrected chi connectivity index (χ1v) is 6.15. The highest BCUT2D eigenvalue weighted by Crippen LogP contribution is 2.22. The number of nitrogens with two attached hydrogens (primary N) is 2. The first-order valence-electron chi connectivity index (χ1n) is 6.15. The third kappa shape index (κ3) is 3.52. The summed E-state index contributed by atoms with van der Waals surface area (Å²) in [5.74, 6) is 4.10. The summed E-state index contributed by atoms with van der Waals surface area (Å²) in [6, 6.07) is 16.9. The summed E-state index contributed by atoms with van der Waals surface area (Å²) in [6.45, 7) is 0. The van der Waals surface area contributed by atoms with Gasteiger partial charge in [0.25, 0.3) is 0 Å². The largest absolute Gasteiger partial charge is 0.476 e. The van der Waals surface area contributed by atoms with Crippen molar-refractivity contribution in [1.29, 1.82) is 0 Å². The lowest BCUT2D eigenvalue weighted by Crippen LogP contribution is -2.31. The minimum absolute atomic E-state index is 0.213. The Balaban J connectivity index is 2.20. The van der Waals surface area contributed by atoms with Crippen molar-refractivity contribution in [1.82, 2.24) is 5.43 Å². The van der Waals surface area contributed by atoms with Crippen LogP contribution < -0.4 is 21.7 Å². The van der Waals surface area contributed by atoms with E-state index in [9.17, 15) is 4.79 Å². The molecule has 0 unspecified atom stereocenters. The number of nitrogens with one attached hydrogen (secondary N) is 1. The van der Waals surface area contributed by atoms with E-state index in [2.05, 4.69) is 5.43 Å². The van der Waals surface area contributed by atoms with E-state index in [0.717, 1.165) is 11.1 Å². The predicted molar refractivity (Wildman–Crippen MR) is 78.7 cm³/mol. The summed E-state index contributed by atoms with van der Waals surface area (Å²) < 4.78 is 5.32. The zero-order chi connectivity index (χ0) is 15.2. The molecule has 0 saturated carbocycles. The number of carbonyl (C=O) groups is 1. The number of benzene rings is 2. The highest BCUT2D eigenvalue weighted by atomic mass is 16.5. The van der Waals surface area contributed by atoms with E-state index in [4.69, 9.17) is 21.4 Å². The number of carboxylic acids is 1. The normalized spacial score (nSPS) is 11.5. The summed E-state index contributed by atoms with van der Waals surface area (Å²) in [5, 5.41) is 8.80. The van der Waals surface area contributed by atoms with E-state index in [1.807, 2.05) is 42.5 Å². The molecule has 0 aromatic heterocycles. The maximum absolute atomic E-state index is 10.8. The minimum atomic E-state index is -1.32. The Kier molecular flexibility index (Phi) is 4.43. The molecule has 0 heterocycles. The second-order valence-corrected chi connectivity index (χ2v) is 4.18. The van der Waals surface area contributed by atoms with E-state index in [1.54, 1.807) is 12.1 Å². The molecular weight excluding hydrogens is 270 g/mol. The molecule has 6 N–H and O–H groups in total. The molecule has 2 aromatic carbocycles. The van der Waals surface area contributed by atoms with E-state index >= 15 is 0 Å². The van der Waals surface area contributed by atoms with Gasteiger partial charge in [0.05, 0.1) is 0 Å². The first kappa shape index (κ1) is 14.4. The van der Waals surface area contributed by atoms with Crippen molar-refractivity contribution in [2.45, 2.75) is 0 Å². The summed E-state index contributed by atoms with van der Waals surface area (Å²) in [7, 11) is 0. The third-order valence-corrected chi connectivity index (χ3v) is 2.79. The summed E-state index contributed by atoms with van der Waals surface area (Å²) >= 11 is 0. The molecule has 0 atom stereocenters. The molecule has 0 spiro atoms. The number of hydrogen-bond acceptors (Lipinski definition) is 5. The number of aliphatic carboxylic acids is 1. The predicted octanol–water partition coefficient (Wildman–Crippen LogP) is 1.41. The lowest BCUT2D eigenvalue weighted by atomic mass is 10.1. The van der Waals surface area contributed by atoms with Gasteiger partial charge in [-0.3, -0.25) is 5.43 Å². The van der Waals surface area contributed by atoms with Crippen LogP contribution in [0.2, 0.25) is 0 Å². The monoisotopic (exact) mass is 285 g/mol. The van der Waals surface area contributed by atoms with E-state index in [1.165, 1.54) is 0 Å². The van der Waals surface area contributed by atoms with Crippen molar-refractivity contribution in [2.24, 2.45) is 11.6 Å². The van der Waals surface area contributed by atoms with Crippen LogP contribution in [-0.2, 0) is 4.79 Å². The fourth-order valence-electron chi connectivity index (χ4n) is 1.72. The Hall–Kier alpha value is -2.99. The Morgan fingerprint density at radius 3 is 2.10 bits per heavy atom. The SMILES string of the molecule is NN/C(Oc1ccc(-c2ccccc2)cc1)=C(\N)C(=O)O. The average Bonchev–Trinajstić information content (AvgIpc) is 2.53. The minimum Gasteiger partial charge on any atom is -0.476 e. The lowest BCUT2D eigenvalue weighted by Gasteiger charge is -2.11. The van der Waals surface area contributed by atoms with Crippen molar-refractivity contribution in [3.8, 4) is 16.9 Å². The zero-order valence-electron chi connectivity index (χ0n) is 11.1. The van der Waals surface area contributed by atoms with Crippen LogP contribution in [0.25, 0.3) is 11.1 Å². The van der Waals surface area contributed by atoms with Gasteiger partial charge in [0.15, 0.2) is 5.70 Å². The molecule has 0 aliphatic heterocycles. The Morgan fingerprint density at radius 2 is 1.57 bits per heavy atom. The van der Waals surface area contributed by atoms with Gasteiger partial charge in [-0.1, -0.05) is 42.5 Å². The number of hydrogen-bond donors (Lipinski definition) is 4. The van der Waals surface area contributed by atoms with Crippen molar-refractivity contribution >= 4 is 5.97 Å². The highest BCUT2D eigenvalue weighted by Gasteiger charge is 2.12. The Morgan fingerprint density at radius 1 is 1.00 bits per heavy atom. The fourth-order valence-corrected chi connectivity index (χ4v) is 1.72. The second kappa shape index (κ2) is 6.44. The molecule has 0 bridgehead atoms. The van der Waals surface area contributed by atoms with Gasteiger partial charge in [-0.15, -0.1) is 0 Å². The average molecular weight is 285 g/mol. The van der Waals surface area contributed by atoms with Gasteiger partial charge in [-0.05, 0) is 23.3 Å². The van der Waals surface area contributed by atoms with E-state index < -0.39 is 11.7 Å². The molecule has 6 nitrogen and oxygen atoms in total. The van der Waals surface area contributed by atoms with Crippen LogP contribution in [0, 0.1) is 0 Å². The smallest absolute Gasteiger partial charge is 0.357 e. The highest BCUT2D eigenvalue weighted by molar-refractivity contribution is 5.85. The molecule has 0 fully saturated rings. The van der Waals surface area contributed by atoms with Crippen LogP contribution in [0.15, 0.2) is 66.2 Å². The molecule has 0 aliphatic rings. The van der Waals surface area contributed by atoms with Gasteiger partial charge >= 0.3 is 5.97 Å². The molecule has 0 aliphatic carbocycles. The van der Waals surface area contributed by atoms with Crippen LogP contribution in [0.4, 0.5) is 0 Å². The van der Waals surface area contributed by atoms with Crippen LogP contribution in [-0.4, -0.2) is 11.1 Å². The van der Waals surface area contributed by atoms with E-state index in [-0.39, 0.29) is 5.88 Å². The maximum Gasteiger partial charge on any atom is 0.357 e. The molecule has 2 rings (SSSR count). The summed E-state index contributed by atoms with van der Waals surface area (Å²) in [6.07, 6.45) is 0. The topological polar surface area (TPSA) is 111 Å². The molecule has 21 heavy (non-hydrogen) atoms. The van der Waals surface area contributed by atoms with Gasteiger partial charge in [-0.2, -0.15) is 0 Å². The molecular formula is C15H15N3O3. The van der Waals surface area contributed by atoms with Crippen LogP contribution in [0.5, 0.6) is 5.75 Å². The lowest BCUT2D eigenvalue weighted by molar-refractivity contribution is -0.132. The van der Waals surface area contributed by atoms with E-state index in [0.29, 0.717) is 5.75 Å². The molecule has 0 amide bonds. The number of hydrazine groups is 1. The van der Waals surface area contributed by atoms with Crippen molar-refractivity contribution in [3.63, 3.8) is 0 Å². The summed E-state index contributed by atoms with van der Waals surface area (Å²) in [5.41, 5.74) is 9.07. The molecule has 0 saturated heterocycles. The standard InChI is InChI=1S/C15H15N3O3/c16-13(15(19)20)14(18-17)21-12-8-6-11(7-9-12)10-4-2-1-3-5-10/h1-9,18H,16-17H2,(H,19,20)/b14-13+. The summed E-state index contributed by atoms with van der Waals surface area (Å²) in [4.78, 5) is 10.8. The van der Waals surface area contributed by atoms with Gasteiger partial charge in [0.2, 0.25) is 5.88 Å². The van der Waals surface area contributed by atoms with Gasteiger partial charge in [-0.25, -0.2) is 10.6 Å². The first-order chi connectivity index (χ1) is 10.1. The van der Waals surface area contributed by atoms with Crippen molar-refractivity contribution in [3.05, 3.63) is 66.2 Å². The third-order valence-electron chi connectivity index (χ3n) is 2.79. The zero-order valence-corrected chi connectivity index (χ0v) is 11.1. The Labute approximate surface area is 121 Å². The van der Waals surface area contributed by atoms with Crippen molar-refractivity contribution < 1.29 is 14.6 Å². The quantitative estimate of drug-likeness (QED) is 0.286. The van der Waals surface area contributed by atoms with Crippen LogP contribution in [0.3, 0.4) is 0 Å². The maximum atomic E-state index is 10.8. The van der Waals surface area contributed by atoms with Gasteiger partial charge in [0.1, 0.15) is 5.75 Å². The fraction of sp³-hybridized carbons (Fsp3) is 0. The number of carboxylic acid groups (broad SMARTS) is 1. The molecule has 2 aromatic rings. The van der Waals surface area contributed by atoms with Crippen molar-refractivity contribution in [2.75, 3.05) is 0 Å². The van der Waals surface area contributed by atoms with Crippen LogP contribution in [0.1, 0.15) is 0 Å². The van der Waals surface area contributed by atoms with Gasteiger partial charge < -0.3 is 15.6 Å². The number of rotatable bonds is 5. The van der Waals surface area contributed by atoms with Crippen LogP contribution >= 0.6 is 0 Å². The Bertz CT molecular complexity index is 652. The van der Waals surface area contributed by atoms with Gasteiger partial charge in [0, 0.05) is 0 Å². The second-order valence-electron chi connectivity index (χ2n) is 4.18. The number of ether oxygens (including phenoxy) is 1. The molecule has 0 radical (unpaired) electrons. The molecule has 108 valence electrons. The molecule has 6 heteroatoms.